The summed E-state index contributed by atoms with van der Waals surface area (Å²) in [7, 11) is 0. The van der Waals surface area contributed by atoms with E-state index in [1.54, 1.807) is 11.3 Å². The van der Waals surface area contributed by atoms with Crippen molar-refractivity contribution in [3.63, 3.8) is 0 Å². The van der Waals surface area contributed by atoms with Crippen LogP contribution in [0.5, 0.6) is 0 Å². The minimum Gasteiger partial charge on any atom is -0.308 e. The minimum absolute atomic E-state index is 0.689. The Morgan fingerprint density at radius 3 is 3.00 bits per heavy atom. The topological polar surface area (TPSA) is 28.2 Å². The minimum atomic E-state index is 0.689. The van der Waals surface area contributed by atoms with Crippen molar-refractivity contribution in [1.29, 1.82) is 0 Å². The molecule has 1 aromatic carbocycles. The zero-order valence-electron chi connectivity index (χ0n) is 11.0. The average molecular weight is 273 g/mol. The molecular formula is C15H19N3S. The van der Waals surface area contributed by atoms with Gasteiger partial charge >= 0.3 is 0 Å². The Morgan fingerprint density at radius 1 is 1.32 bits per heavy atom. The van der Waals surface area contributed by atoms with Crippen LogP contribution in [-0.4, -0.2) is 35.6 Å². The first-order valence-electron chi connectivity index (χ1n) is 7.16. The van der Waals surface area contributed by atoms with Gasteiger partial charge in [-0.05, 0) is 49.5 Å². The molecule has 1 N–H and O–H groups in total. The summed E-state index contributed by atoms with van der Waals surface area (Å²) < 4.78 is 1.28. The lowest BCUT2D eigenvalue weighted by Gasteiger charge is -2.45. The molecule has 0 radical (unpaired) electrons. The highest BCUT2D eigenvalue weighted by Gasteiger charge is 2.33. The molecule has 0 saturated carbocycles. The number of nitrogens with zero attached hydrogens (tertiary/aromatic N) is 2. The zero-order chi connectivity index (χ0) is 12.7. The molecule has 0 amide bonds. The lowest BCUT2D eigenvalue weighted by Crippen LogP contribution is -2.55. The summed E-state index contributed by atoms with van der Waals surface area (Å²) >= 11 is 1.71. The summed E-state index contributed by atoms with van der Waals surface area (Å²) in [6, 6.07) is 7.34. The van der Waals surface area contributed by atoms with Crippen LogP contribution < -0.4 is 5.32 Å². The number of fused-ring (bicyclic) bond motifs is 4. The van der Waals surface area contributed by atoms with Crippen molar-refractivity contribution in [2.75, 3.05) is 19.6 Å². The fraction of sp³-hybridized carbons (Fsp3) is 0.533. The normalized spacial score (nSPS) is 30.0. The summed E-state index contributed by atoms with van der Waals surface area (Å²) in [5.74, 6) is 0.896. The largest absolute Gasteiger partial charge is 0.308 e. The molecule has 3 aliphatic rings. The lowest BCUT2D eigenvalue weighted by molar-refractivity contribution is 0.0720. The quantitative estimate of drug-likeness (QED) is 0.931. The monoisotopic (exact) mass is 273 g/mol. The first-order chi connectivity index (χ1) is 9.38. The number of aromatic nitrogens is 1. The van der Waals surface area contributed by atoms with E-state index >= 15 is 0 Å². The van der Waals surface area contributed by atoms with E-state index in [0.29, 0.717) is 6.04 Å². The van der Waals surface area contributed by atoms with E-state index in [1.165, 1.54) is 42.7 Å². The molecule has 2 aromatic rings. The van der Waals surface area contributed by atoms with Gasteiger partial charge < -0.3 is 10.2 Å². The molecule has 100 valence electrons. The summed E-state index contributed by atoms with van der Waals surface area (Å²) in [6.45, 7) is 4.84. The maximum absolute atomic E-state index is 4.39. The van der Waals surface area contributed by atoms with Gasteiger partial charge in [0.1, 0.15) is 0 Å². The van der Waals surface area contributed by atoms with Gasteiger partial charge in [-0.3, -0.25) is 0 Å². The van der Waals surface area contributed by atoms with Crippen molar-refractivity contribution < 1.29 is 0 Å². The second-order valence-electron chi connectivity index (χ2n) is 5.78. The third kappa shape index (κ3) is 2.29. The van der Waals surface area contributed by atoms with Crippen LogP contribution in [0, 0.1) is 5.92 Å². The van der Waals surface area contributed by atoms with Crippen LogP contribution in [0.3, 0.4) is 0 Å². The molecule has 4 heterocycles. The molecule has 4 heteroatoms. The zero-order valence-corrected chi connectivity index (χ0v) is 11.8. The molecule has 2 bridgehead atoms. The third-order valence-corrected chi connectivity index (χ3v) is 5.43. The molecule has 3 aliphatic heterocycles. The van der Waals surface area contributed by atoms with E-state index in [4.69, 9.17) is 0 Å². The maximum Gasteiger partial charge on any atom is 0.0815 e. The van der Waals surface area contributed by atoms with Gasteiger partial charge in [-0.1, -0.05) is 6.07 Å². The fourth-order valence-corrected chi connectivity index (χ4v) is 4.12. The predicted octanol–water partition coefficient (Wildman–Crippen LogP) is 2.48. The van der Waals surface area contributed by atoms with Crippen molar-refractivity contribution in [2.45, 2.75) is 25.4 Å². The number of benzene rings is 1. The van der Waals surface area contributed by atoms with Crippen LogP contribution in [-0.2, 0) is 6.54 Å². The standard InChI is InChI=1S/C15H19N3S/c1-2-15-13(17-10-19-15)7-11(1)8-16-14-9-18-5-3-12(14)4-6-18/h1-2,7,10,12,14,16H,3-6,8-9H2/t14-/m0/s1. The van der Waals surface area contributed by atoms with Gasteiger partial charge in [0.25, 0.3) is 0 Å². The molecule has 1 atom stereocenters. The first-order valence-corrected chi connectivity index (χ1v) is 8.04. The Balaban J connectivity index is 1.44. The molecule has 3 saturated heterocycles. The Morgan fingerprint density at radius 2 is 2.21 bits per heavy atom. The predicted molar refractivity (Wildman–Crippen MR) is 79.4 cm³/mol. The van der Waals surface area contributed by atoms with Crippen molar-refractivity contribution in [2.24, 2.45) is 5.92 Å². The molecule has 1 aromatic heterocycles. The number of piperidine rings is 3. The highest BCUT2D eigenvalue weighted by atomic mass is 32.1. The number of nitrogens with one attached hydrogen (secondary N) is 1. The van der Waals surface area contributed by atoms with Crippen LogP contribution in [0.15, 0.2) is 23.7 Å². The molecule has 5 rings (SSSR count). The Kier molecular flexibility index (Phi) is 3.02. The number of hydrogen-bond acceptors (Lipinski definition) is 4. The van der Waals surface area contributed by atoms with E-state index in [0.717, 1.165) is 18.0 Å². The second kappa shape index (κ2) is 4.85. The van der Waals surface area contributed by atoms with Crippen molar-refractivity contribution in [3.8, 4) is 0 Å². The van der Waals surface area contributed by atoms with Gasteiger partial charge in [-0.25, -0.2) is 4.98 Å². The van der Waals surface area contributed by atoms with Crippen molar-refractivity contribution in [3.05, 3.63) is 29.3 Å². The van der Waals surface area contributed by atoms with Gasteiger partial charge in [-0.2, -0.15) is 0 Å². The Hall–Kier alpha value is -0.970. The summed E-state index contributed by atoms with van der Waals surface area (Å²) in [6.07, 6.45) is 2.76. The molecule has 19 heavy (non-hydrogen) atoms. The SMILES string of the molecule is c1nc2cc(CN[C@H]3CN4CCC3CC4)ccc2s1. The molecule has 0 aliphatic carbocycles. The molecule has 3 nitrogen and oxygen atoms in total. The van der Waals surface area contributed by atoms with Crippen LogP contribution in [0.4, 0.5) is 0 Å². The summed E-state index contributed by atoms with van der Waals surface area (Å²) in [5, 5.41) is 3.76. The van der Waals surface area contributed by atoms with Crippen LogP contribution in [0.2, 0.25) is 0 Å². The van der Waals surface area contributed by atoms with Crippen molar-refractivity contribution >= 4 is 21.6 Å². The Bertz CT molecular complexity index is 572. The van der Waals surface area contributed by atoms with E-state index in [2.05, 4.69) is 33.4 Å². The molecule has 0 spiro atoms. The third-order valence-electron chi connectivity index (χ3n) is 4.62. The lowest BCUT2D eigenvalue weighted by atomic mass is 9.84. The fourth-order valence-electron chi connectivity index (χ4n) is 3.46. The first kappa shape index (κ1) is 11.8. The number of rotatable bonds is 3. The van der Waals surface area contributed by atoms with E-state index < -0.39 is 0 Å². The van der Waals surface area contributed by atoms with Crippen LogP contribution in [0.1, 0.15) is 18.4 Å². The molecule has 0 unspecified atom stereocenters. The van der Waals surface area contributed by atoms with Gasteiger partial charge in [-0.15, -0.1) is 11.3 Å². The van der Waals surface area contributed by atoms with Crippen LogP contribution in [0.25, 0.3) is 10.2 Å². The molecule has 3 fully saturated rings. The van der Waals surface area contributed by atoms with Gasteiger partial charge in [0.15, 0.2) is 0 Å². The van der Waals surface area contributed by atoms with Gasteiger partial charge in [0.2, 0.25) is 0 Å². The molecular weight excluding hydrogens is 254 g/mol. The second-order valence-corrected chi connectivity index (χ2v) is 6.67. The van der Waals surface area contributed by atoms with Gasteiger partial charge in [0.05, 0.1) is 15.7 Å². The van der Waals surface area contributed by atoms with E-state index in [1.807, 2.05) is 5.51 Å². The highest BCUT2D eigenvalue weighted by Crippen LogP contribution is 2.27. The smallest absolute Gasteiger partial charge is 0.0815 e. The average Bonchev–Trinajstić information content (AvgIpc) is 2.94. The maximum atomic E-state index is 4.39. The number of hydrogen-bond donors (Lipinski definition) is 1. The summed E-state index contributed by atoms with van der Waals surface area (Å²) in [5.41, 5.74) is 4.42. The van der Waals surface area contributed by atoms with E-state index in [9.17, 15) is 0 Å². The summed E-state index contributed by atoms with van der Waals surface area (Å²) in [4.78, 5) is 6.99. The van der Waals surface area contributed by atoms with Crippen LogP contribution >= 0.6 is 11.3 Å². The highest BCUT2D eigenvalue weighted by molar-refractivity contribution is 7.16. The van der Waals surface area contributed by atoms with Gasteiger partial charge in [0, 0.05) is 19.1 Å². The Labute approximate surface area is 117 Å². The number of thiazole rings is 1. The van der Waals surface area contributed by atoms with Crippen molar-refractivity contribution in [1.82, 2.24) is 15.2 Å². The van der Waals surface area contributed by atoms with E-state index in [-0.39, 0.29) is 0 Å².